The summed E-state index contributed by atoms with van der Waals surface area (Å²) in [7, 11) is 0. The number of benzene rings is 1. The third kappa shape index (κ3) is 3.08. The highest BCUT2D eigenvalue weighted by Crippen LogP contribution is 2.29. The van der Waals surface area contributed by atoms with Crippen LogP contribution in [0.3, 0.4) is 0 Å². The number of aromatic nitrogens is 1. The Hall–Kier alpha value is -1.40. The van der Waals surface area contributed by atoms with Crippen molar-refractivity contribution < 1.29 is 18.3 Å². The molecule has 1 aromatic carbocycles. The predicted octanol–water partition coefficient (Wildman–Crippen LogP) is 3.44. The first-order chi connectivity index (χ1) is 8.47. The minimum absolute atomic E-state index is 0.252. The summed E-state index contributed by atoms with van der Waals surface area (Å²) in [6.07, 6.45) is -4.86. The molecule has 0 amide bonds. The van der Waals surface area contributed by atoms with Gasteiger partial charge in [-0.1, -0.05) is 12.1 Å². The standard InChI is InChI=1S/C12H10F3NOS/c13-12(14,15)9-3-1-8(2-4-9)5-11(17)10-6-18-7-16-10/h1-4,6-7,11,17H,5H2. The normalized spacial score (nSPS) is 13.6. The van der Waals surface area contributed by atoms with Crippen molar-refractivity contribution in [2.75, 3.05) is 0 Å². The van der Waals surface area contributed by atoms with E-state index in [4.69, 9.17) is 0 Å². The molecule has 0 aliphatic rings. The van der Waals surface area contributed by atoms with Gasteiger partial charge in [0.25, 0.3) is 0 Å². The van der Waals surface area contributed by atoms with E-state index in [0.29, 0.717) is 11.3 Å². The Balaban J connectivity index is 2.07. The van der Waals surface area contributed by atoms with Crippen molar-refractivity contribution in [1.29, 1.82) is 0 Å². The molecule has 1 N–H and O–H groups in total. The van der Waals surface area contributed by atoms with Gasteiger partial charge in [0.1, 0.15) is 6.10 Å². The van der Waals surface area contributed by atoms with E-state index >= 15 is 0 Å². The fourth-order valence-electron chi connectivity index (χ4n) is 1.54. The lowest BCUT2D eigenvalue weighted by Crippen LogP contribution is -2.06. The zero-order valence-electron chi connectivity index (χ0n) is 9.19. The first kappa shape index (κ1) is 13.0. The molecule has 0 bridgehead atoms. The summed E-state index contributed by atoms with van der Waals surface area (Å²) in [4.78, 5) is 3.96. The summed E-state index contributed by atoms with van der Waals surface area (Å²) >= 11 is 1.36. The SMILES string of the molecule is OC(Cc1ccc(C(F)(F)F)cc1)c1cscn1. The van der Waals surface area contributed by atoms with Gasteiger partial charge in [0, 0.05) is 11.8 Å². The lowest BCUT2D eigenvalue weighted by molar-refractivity contribution is -0.137. The lowest BCUT2D eigenvalue weighted by Gasteiger charge is -2.10. The molecule has 0 aliphatic carbocycles. The second kappa shape index (κ2) is 5.07. The maximum Gasteiger partial charge on any atom is 0.416 e. The summed E-state index contributed by atoms with van der Waals surface area (Å²) < 4.78 is 37.0. The molecule has 2 rings (SSSR count). The first-order valence-electron chi connectivity index (χ1n) is 5.19. The molecule has 6 heteroatoms. The van der Waals surface area contributed by atoms with Crippen LogP contribution in [0, 0.1) is 0 Å². The molecular weight excluding hydrogens is 263 g/mol. The van der Waals surface area contributed by atoms with Gasteiger partial charge in [-0.15, -0.1) is 11.3 Å². The van der Waals surface area contributed by atoms with Crippen LogP contribution in [0.15, 0.2) is 35.2 Å². The molecule has 1 aromatic heterocycles. The van der Waals surface area contributed by atoms with Crippen LogP contribution in [0.5, 0.6) is 0 Å². The number of aliphatic hydroxyl groups is 1. The van der Waals surface area contributed by atoms with E-state index in [9.17, 15) is 18.3 Å². The number of hydrogen-bond acceptors (Lipinski definition) is 3. The number of halogens is 3. The quantitative estimate of drug-likeness (QED) is 0.929. The molecule has 2 aromatic rings. The molecule has 0 spiro atoms. The topological polar surface area (TPSA) is 33.1 Å². The molecule has 1 unspecified atom stereocenters. The van der Waals surface area contributed by atoms with E-state index < -0.39 is 17.8 Å². The largest absolute Gasteiger partial charge is 0.416 e. The number of alkyl halides is 3. The van der Waals surface area contributed by atoms with Crippen LogP contribution in [0.2, 0.25) is 0 Å². The Bertz CT molecular complexity index is 493. The van der Waals surface area contributed by atoms with Crippen LogP contribution < -0.4 is 0 Å². The molecule has 0 aliphatic heterocycles. The molecule has 0 saturated heterocycles. The van der Waals surface area contributed by atoms with E-state index in [2.05, 4.69) is 4.98 Å². The first-order valence-corrected chi connectivity index (χ1v) is 6.13. The second-order valence-corrected chi connectivity index (χ2v) is 4.55. The van der Waals surface area contributed by atoms with Gasteiger partial charge in [0.05, 0.1) is 16.8 Å². The van der Waals surface area contributed by atoms with E-state index in [0.717, 1.165) is 12.1 Å². The molecule has 0 fully saturated rings. The molecule has 2 nitrogen and oxygen atoms in total. The molecule has 0 radical (unpaired) electrons. The van der Waals surface area contributed by atoms with Crippen molar-refractivity contribution in [2.45, 2.75) is 18.7 Å². The summed E-state index contributed by atoms with van der Waals surface area (Å²) in [6.45, 7) is 0. The lowest BCUT2D eigenvalue weighted by atomic mass is 10.0. The van der Waals surface area contributed by atoms with Gasteiger partial charge >= 0.3 is 6.18 Å². The highest BCUT2D eigenvalue weighted by atomic mass is 32.1. The number of nitrogens with zero attached hydrogens (tertiary/aromatic N) is 1. The second-order valence-electron chi connectivity index (χ2n) is 3.83. The van der Waals surface area contributed by atoms with Crippen molar-refractivity contribution in [3.63, 3.8) is 0 Å². The van der Waals surface area contributed by atoms with E-state index in [1.165, 1.54) is 23.5 Å². The Morgan fingerprint density at radius 3 is 2.39 bits per heavy atom. The van der Waals surface area contributed by atoms with Crippen LogP contribution in [0.1, 0.15) is 22.9 Å². The Kier molecular flexibility index (Phi) is 3.68. The Morgan fingerprint density at radius 2 is 1.89 bits per heavy atom. The van der Waals surface area contributed by atoms with E-state index in [1.807, 2.05) is 0 Å². The molecule has 0 saturated carbocycles. The van der Waals surface area contributed by atoms with Crippen LogP contribution >= 0.6 is 11.3 Å². The maximum absolute atomic E-state index is 12.3. The van der Waals surface area contributed by atoms with Crippen molar-refractivity contribution in [3.05, 3.63) is 52.0 Å². The summed E-state index contributed by atoms with van der Waals surface area (Å²) in [5, 5.41) is 11.5. The van der Waals surface area contributed by atoms with Gasteiger partial charge in [-0.3, -0.25) is 0 Å². The van der Waals surface area contributed by atoms with Gasteiger partial charge in [-0.25, -0.2) is 4.98 Å². The minimum atomic E-state index is -4.33. The van der Waals surface area contributed by atoms with Crippen molar-refractivity contribution in [2.24, 2.45) is 0 Å². The van der Waals surface area contributed by atoms with Gasteiger partial charge in [0.15, 0.2) is 0 Å². The van der Waals surface area contributed by atoms with Crippen LogP contribution in [0.4, 0.5) is 13.2 Å². The van der Waals surface area contributed by atoms with Gasteiger partial charge in [-0.05, 0) is 17.7 Å². The third-order valence-electron chi connectivity index (χ3n) is 2.50. The smallest absolute Gasteiger partial charge is 0.386 e. The number of hydrogen-bond donors (Lipinski definition) is 1. The van der Waals surface area contributed by atoms with Gasteiger partial charge < -0.3 is 5.11 Å². The predicted molar refractivity (Wildman–Crippen MR) is 62.2 cm³/mol. The van der Waals surface area contributed by atoms with Crippen molar-refractivity contribution in [1.82, 2.24) is 4.98 Å². The fraction of sp³-hybridized carbons (Fsp3) is 0.250. The molecule has 1 atom stereocenters. The van der Waals surface area contributed by atoms with Crippen LogP contribution in [0.25, 0.3) is 0 Å². The highest BCUT2D eigenvalue weighted by molar-refractivity contribution is 7.07. The average Bonchev–Trinajstić information content (AvgIpc) is 2.82. The van der Waals surface area contributed by atoms with Crippen LogP contribution in [-0.4, -0.2) is 10.1 Å². The van der Waals surface area contributed by atoms with E-state index in [-0.39, 0.29) is 6.42 Å². The average molecular weight is 273 g/mol. The minimum Gasteiger partial charge on any atom is -0.386 e. The van der Waals surface area contributed by atoms with Crippen LogP contribution in [-0.2, 0) is 12.6 Å². The fourth-order valence-corrected chi connectivity index (χ4v) is 2.14. The molecular formula is C12H10F3NOS. The van der Waals surface area contributed by atoms with Crippen molar-refractivity contribution in [3.8, 4) is 0 Å². The zero-order chi connectivity index (χ0) is 13.2. The zero-order valence-corrected chi connectivity index (χ0v) is 10.0. The van der Waals surface area contributed by atoms with E-state index in [1.54, 1.807) is 10.9 Å². The Labute approximate surface area is 106 Å². The number of rotatable bonds is 3. The Morgan fingerprint density at radius 1 is 1.22 bits per heavy atom. The van der Waals surface area contributed by atoms with Crippen molar-refractivity contribution >= 4 is 11.3 Å². The maximum atomic E-state index is 12.3. The van der Waals surface area contributed by atoms with Gasteiger partial charge in [-0.2, -0.15) is 13.2 Å². The highest BCUT2D eigenvalue weighted by Gasteiger charge is 2.29. The summed E-state index contributed by atoms with van der Waals surface area (Å²) in [6, 6.07) is 4.78. The monoisotopic (exact) mass is 273 g/mol. The molecule has 18 heavy (non-hydrogen) atoms. The third-order valence-corrected chi connectivity index (χ3v) is 3.11. The molecule has 96 valence electrons. The molecule has 1 heterocycles. The number of aliphatic hydroxyl groups excluding tert-OH is 1. The number of thiazole rings is 1. The van der Waals surface area contributed by atoms with Gasteiger partial charge in [0.2, 0.25) is 0 Å². The summed E-state index contributed by atoms with van der Waals surface area (Å²) in [5.41, 5.74) is 2.10. The summed E-state index contributed by atoms with van der Waals surface area (Å²) in [5.74, 6) is 0.